The van der Waals surface area contributed by atoms with Gasteiger partial charge in [-0.2, -0.15) is 0 Å². The number of hydrogen-bond donors (Lipinski definition) is 2. The van der Waals surface area contributed by atoms with E-state index in [1.54, 1.807) is 31.4 Å². The highest BCUT2D eigenvalue weighted by molar-refractivity contribution is 7.89. The molecule has 2 aromatic carbocycles. The van der Waals surface area contributed by atoms with Crippen LogP contribution in [-0.4, -0.2) is 34.6 Å². The minimum atomic E-state index is -3.69. The monoisotopic (exact) mass is 396 g/mol. The minimum absolute atomic E-state index is 0.0374. The highest BCUT2D eigenvalue weighted by Crippen LogP contribution is 2.21. The lowest BCUT2D eigenvalue weighted by atomic mass is 10.1. The van der Waals surface area contributed by atoms with Crippen LogP contribution in [0.3, 0.4) is 0 Å². The first-order valence-corrected chi connectivity index (χ1v) is 9.86. The summed E-state index contributed by atoms with van der Waals surface area (Å²) in [5.74, 6) is -0.396. The number of nitrogens with one attached hydrogen (secondary N) is 2. The van der Waals surface area contributed by atoms with E-state index in [0.717, 1.165) is 5.56 Å². The molecular weight excluding hydrogens is 376 g/mol. The van der Waals surface area contributed by atoms with E-state index < -0.39 is 15.9 Å². The van der Waals surface area contributed by atoms with Crippen molar-refractivity contribution in [1.29, 1.82) is 0 Å². The SMILES string of the molecule is COCCCNS(=O)(=O)c1cccc(C(=O)Nc2ccc(Cl)cc2C)c1. The first-order valence-electron chi connectivity index (χ1n) is 7.99. The predicted octanol–water partition coefficient (Wildman–Crippen LogP) is 3.22. The molecule has 1 amide bonds. The summed E-state index contributed by atoms with van der Waals surface area (Å²) < 4.78 is 32.0. The third-order valence-electron chi connectivity index (χ3n) is 3.66. The normalized spacial score (nSPS) is 11.3. The molecule has 2 aromatic rings. The van der Waals surface area contributed by atoms with Crippen molar-refractivity contribution in [1.82, 2.24) is 4.72 Å². The lowest BCUT2D eigenvalue weighted by Gasteiger charge is -2.10. The van der Waals surface area contributed by atoms with Gasteiger partial charge >= 0.3 is 0 Å². The van der Waals surface area contributed by atoms with Crippen molar-refractivity contribution in [3.63, 3.8) is 0 Å². The van der Waals surface area contributed by atoms with Gasteiger partial charge in [0.25, 0.3) is 5.91 Å². The fourth-order valence-corrected chi connectivity index (χ4v) is 3.62. The van der Waals surface area contributed by atoms with Gasteiger partial charge in [0.15, 0.2) is 0 Å². The van der Waals surface area contributed by atoms with Gasteiger partial charge in [-0.05, 0) is 55.3 Å². The molecule has 0 atom stereocenters. The third-order valence-corrected chi connectivity index (χ3v) is 5.35. The van der Waals surface area contributed by atoms with Gasteiger partial charge in [0.2, 0.25) is 10.0 Å². The molecule has 0 aliphatic heterocycles. The zero-order valence-electron chi connectivity index (χ0n) is 14.6. The second-order valence-electron chi connectivity index (χ2n) is 5.69. The number of methoxy groups -OCH3 is 1. The molecule has 2 N–H and O–H groups in total. The first kappa shape index (κ1) is 20.4. The van der Waals surface area contributed by atoms with Crippen molar-refractivity contribution in [3.8, 4) is 0 Å². The first-order chi connectivity index (χ1) is 12.3. The van der Waals surface area contributed by atoms with Gasteiger partial charge in [0.1, 0.15) is 0 Å². The molecule has 0 saturated carbocycles. The van der Waals surface area contributed by atoms with Crippen LogP contribution in [0.5, 0.6) is 0 Å². The number of hydrogen-bond acceptors (Lipinski definition) is 4. The number of aryl methyl sites for hydroxylation is 1. The number of benzene rings is 2. The van der Waals surface area contributed by atoms with Crippen LogP contribution in [0.25, 0.3) is 0 Å². The molecule has 0 spiro atoms. The molecule has 26 heavy (non-hydrogen) atoms. The van der Waals surface area contributed by atoms with Crippen LogP contribution >= 0.6 is 11.6 Å². The highest BCUT2D eigenvalue weighted by atomic mass is 35.5. The zero-order valence-corrected chi connectivity index (χ0v) is 16.2. The van der Waals surface area contributed by atoms with E-state index in [4.69, 9.17) is 16.3 Å². The van der Waals surface area contributed by atoms with Crippen LogP contribution in [0.15, 0.2) is 47.4 Å². The maximum Gasteiger partial charge on any atom is 0.255 e. The average molecular weight is 397 g/mol. The quantitative estimate of drug-likeness (QED) is 0.671. The lowest BCUT2D eigenvalue weighted by Crippen LogP contribution is -2.26. The van der Waals surface area contributed by atoms with Gasteiger partial charge in [-0.15, -0.1) is 0 Å². The second kappa shape index (κ2) is 9.14. The molecule has 0 bridgehead atoms. The van der Waals surface area contributed by atoms with Crippen molar-refractivity contribution in [2.45, 2.75) is 18.2 Å². The smallest absolute Gasteiger partial charge is 0.255 e. The Morgan fingerprint density at radius 1 is 1.19 bits per heavy atom. The number of carbonyl (C=O) groups is 1. The molecule has 6 nitrogen and oxygen atoms in total. The fraction of sp³-hybridized carbons (Fsp3) is 0.278. The van der Waals surface area contributed by atoms with E-state index in [0.29, 0.717) is 23.7 Å². The molecule has 2 rings (SSSR count). The number of carbonyl (C=O) groups excluding carboxylic acids is 1. The van der Waals surface area contributed by atoms with Gasteiger partial charge in [-0.3, -0.25) is 4.79 Å². The number of ether oxygens (including phenoxy) is 1. The number of halogens is 1. The molecule has 0 radical (unpaired) electrons. The van der Waals surface area contributed by atoms with Crippen molar-refractivity contribution < 1.29 is 17.9 Å². The molecule has 0 aromatic heterocycles. The largest absolute Gasteiger partial charge is 0.385 e. The molecule has 140 valence electrons. The maximum atomic E-state index is 12.5. The predicted molar refractivity (Wildman–Crippen MR) is 102 cm³/mol. The third kappa shape index (κ3) is 5.54. The number of anilines is 1. The molecule has 0 fully saturated rings. The topological polar surface area (TPSA) is 84.5 Å². The second-order valence-corrected chi connectivity index (χ2v) is 7.89. The Morgan fingerprint density at radius 2 is 1.96 bits per heavy atom. The molecular formula is C18H21ClN2O4S. The van der Waals surface area contributed by atoms with E-state index in [9.17, 15) is 13.2 Å². The average Bonchev–Trinajstić information content (AvgIpc) is 2.61. The van der Waals surface area contributed by atoms with E-state index in [2.05, 4.69) is 10.0 Å². The summed E-state index contributed by atoms with van der Waals surface area (Å²) in [6.45, 7) is 2.55. The van der Waals surface area contributed by atoms with E-state index >= 15 is 0 Å². The van der Waals surface area contributed by atoms with E-state index in [1.165, 1.54) is 18.2 Å². The van der Waals surface area contributed by atoms with Gasteiger partial charge in [0.05, 0.1) is 4.90 Å². The summed E-state index contributed by atoms with van der Waals surface area (Å²) in [6.07, 6.45) is 0.561. The van der Waals surface area contributed by atoms with Gasteiger partial charge in [-0.25, -0.2) is 13.1 Å². The van der Waals surface area contributed by atoms with Crippen molar-refractivity contribution in [3.05, 3.63) is 58.6 Å². The Labute approximate surface area is 158 Å². The minimum Gasteiger partial charge on any atom is -0.385 e. The number of rotatable bonds is 8. The molecule has 0 heterocycles. The van der Waals surface area contributed by atoms with Crippen LogP contribution in [0.2, 0.25) is 5.02 Å². The molecule has 0 unspecified atom stereocenters. The number of sulfonamides is 1. The summed E-state index contributed by atoms with van der Waals surface area (Å²) >= 11 is 5.91. The fourth-order valence-electron chi connectivity index (χ4n) is 2.27. The maximum absolute atomic E-state index is 12.5. The Balaban J connectivity index is 2.13. The van der Waals surface area contributed by atoms with Crippen LogP contribution in [-0.2, 0) is 14.8 Å². The lowest BCUT2D eigenvalue weighted by molar-refractivity contribution is 0.102. The summed E-state index contributed by atoms with van der Waals surface area (Å²) in [5.41, 5.74) is 1.68. The summed E-state index contributed by atoms with van der Waals surface area (Å²) in [4.78, 5) is 12.5. The van der Waals surface area contributed by atoms with E-state index in [-0.39, 0.29) is 17.0 Å². The standard InChI is InChI=1S/C18H21ClN2O4S/c1-13-11-15(19)7-8-17(13)21-18(22)14-5-3-6-16(12-14)26(23,24)20-9-4-10-25-2/h3,5-8,11-12,20H,4,9-10H2,1-2H3,(H,21,22). The Kier molecular flexibility index (Phi) is 7.16. The summed E-state index contributed by atoms with van der Waals surface area (Å²) in [6, 6.07) is 11.0. The van der Waals surface area contributed by atoms with Gasteiger partial charge in [-0.1, -0.05) is 17.7 Å². The molecule has 8 heteroatoms. The van der Waals surface area contributed by atoms with Gasteiger partial charge < -0.3 is 10.1 Å². The van der Waals surface area contributed by atoms with Crippen LogP contribution in [0.1, 0.15) is 22.3 Å². The Bertz CT molecular complexity index is 885. The number of amides is 1. The van der Waals surface area contributed by atoms with Crippen LogP contribution in [0, 0.1) is 6.92 Å². The van der Waals surface area contributed by atoms with Crippen molar-refractivity contribution in [2.75, 3.05) is 25.6 Å². The zero-order chi connectivity index (χ0) is 19.2. The van der Waals surface area contributed by atoms with Crippen molar-refractivity contribution in [2.24, 2.45) is 0 Å². The Morgan fingerprint density at radius 3 is 2.65 bits per heavy atom. The molecule has 0 saturated heterocycles. The van der Waals surface area contributed by atoms with E-state index in [1.807, 2.05) is 6.92 Å². The highest BCUT2D eigenvalue weighted by Gasteiger charge is 2.16. The molecule has 0 aliphatic carbocycles. The van der Waals surface area contributed by atoms with Gasteiger partial charge in [0, 0.05) is 36.5 Å². The molecule has 0 aliphatic rings. The Hall–Kier alpha value is -1.93. The summed E-state index contributed by atoms with van der Waals surface area (Å²) in [7, 11) is -2.13. The van der Waals surface area contributed by atoms with Crippen LogP contribution in [0.4, 0.5) is 5.69 Å². The van der Waals surface area contributed by atoms with Crippen molar-refractivity contribution >= 4 is 33.2 Å². The van der Waals surface area contributed by atoms with Crippen LogP contribution < -0.4 is 10.0 Å². The summed E-state index contributed by atoms with van der Waals surface area (Å²) in [5, 5.41) is 3.34.